The van der Waals surface area contributed by atoms with E-state index in [0.29, 0.717) is 5.56 Å². The van der Waals surface area contributed by atoms with Crippen LogP contribution in [0.25, 0.3) is 0 Å². The number of nitrogens with two attached hydrogens (primary N) is 1. The zero-order chi connectivity index (χ0) is 11.3. The van der Waals surface area contributed by atoms with Crippen molar-refractivity contribution >= 4 is 10.0 Å². The lowest BCUT2D eigenvalue weighted by atomic mass is 10.2. The molecule has 0 heterocycles. The van der Waals surface area contributed by atoms with Gasteiger partial charge in [-0.2, -0.15) is 5.26 Å². The first-order valence-electron chi connectivity index (χ1n) is 4.30. The van der Waals surface area contributed by atoms with E-state index in [9.17, 15) is 8.42 Å². The maximum Gasteiger partial charge on any atom is 0.240 e. The average molecular weight is 225 g/mol. The number of nitriles is 1. The summed E-state index contributed by atoms with van der Waals surface area (Å²) in [5.41, 5.74) is 5.61. The van der Waals surface area contributed by atoms with Gasteiger partial charge < -0.3 is 5.73 Å². The molecule has 0 saturated heterocycles. The van der Waals surface area contributed by atoms with Gasteiger partial charge in [0.1, 0.15) is 0 Å². The summed E-state index contributed by atoms with van der Waals surface area (Å²) >= 11 is 0. The third-order valence-corrected chi connectivity index (χ3v) is 3.21. The molecular formula is C9H11N3O2S. The molecule has 80 valence electrons. The maximum absolute atomic E-state index is 11.5. The standard InChI is InChI=1S/C9H11N3O2S/c10-5-6-12-15(13,14)9-3-1-8(7-11)2-4-9/h1-4,12H,5-6,10H2. The van der Waals surface area contributed by atoms with Gasteiger partial charge in [0.15, 0.2) is 0 Å². The van der Waals surface area contributed by atoms with E-state index in [0.717, 1.165) is 0 Å². The molecule has 1 rings (SSSR count). The molecule has 15 heavy (non-hydrogen) atoms. The van der Waals surface area contributed by atoms with Gasteiger partial charge in [-0.05, 0) is 24.3 Å². The fourth-order valence-electron chi connectivity index (χ4n) is 0.985. The van der Waals surface area contributed by atoms with Crippen LogP contribution in [0.1, 0.15) is 5.56 Å². The third kappa shape index (κ3) is 3.02. The molecule has 0 saturated carbocycles. The molecule has 6 heteroatoms. The second kappa shape index (κ2) is 4.89. The highest BCUT2D eigenvalue weighted by Gasteiger charge is 2.12. The minimum absolute atomic E-state index is 0.134. The summed E-state index contributed by atoms with van der Waals surface area (Å²) in [5, 5.41) is 8.54. The normalized spacial score (nSPS) is 10.9. The van der Waals surface area contributed by atoms with Crippen molar-refractivity contribution in [3.8, 4) is 6.07 Å². The number of sulfonamides is 1. The van der Waals surface area contributed by atoms with E-state index in [1.807, 2.05) is 6.07 Å². The molecular weight excluding hydrogens is 214 g/mol. The molecule has 0 bridgehead atoms. The summed E-state index contributed by atoms with van der Waals surface area (Å²) in [5.74, 6) is 0. The van der Waals surface area contributed by atoms with Crippen LogP contribution in [-0.4, -0.2) is 21.5 Å². The number of rotatable bonds is 4. The maximum atomic E-state index is 11.5. The number of hydrogen-bond acceptors (Lipinski definition) is 4. The fraction of sp³-hybridized carbons (Fsp3) is 0.222. The largest absolute Gasteiger partial charge is 0.329 e. The molecule has 0 aliphatic rings. The van der Waals surface area contributed by atoms with Crippen LogP contribution in [-0.2, 0) is 10.0 Å². The summed E-state index contributed by atoms with van der Waals surface area (Å²) in [6.45, 7) is 0.442. The Morgan fingerprint density at radius 1 is 1.33 bits per heavy atom. The lowest BCUT2D eigenvalue weighted by molar-refractivity contribution is 0.582. The summed E-state index contributed by atoms with van der Waals surface area (Å²) in [6.07, 6.45) is 0. The summed E-state index contributed by atoms with van der Waals surface area (Å²) in [7, 11) is -3.49. The Labute approximate surface area is 88.6 Å². The fourth-order valence-corrected chi connectivity index (χ4v) is 2.03. The van der Waals surface area contributed by atoms with Crippen molar-refractivity contribution in [1.29, 1.82) is 5.26 Å². The number of hydrogen-bond donors (Lipinski definition) is 2. The predicted molar refractivity (Wildman–Crippen MR) is 55.4 cm³/mol. The Morgan fingerprint density at radius 3 is 2.40 bits per heavy atom. The van der Waals surface area contributed by atoms with Gasteiger partial charge in [0, 0.05) is 13.1 Å². The Bertz CT molecular complexity index is 459. The van der Waals surface area contributed by atoms with Crippen molar-refractivity contribution in [2.45, 2.75) is 4.90 Å². The summed E-state index contributed by atoms with van der Waals surface area (Å²) in [6, 6.07) is 7.60. The van der Waals surface area contributed by atoms with E-state index in [1.165, 1.54) is 24.3 Å². The SMILES string of the molecule is N#Cc1ccc(S(=O)(=O)NCCN)cc1. The van der Waals surface area contributed by atoms with E-state index in [4.69, 9.17) is 11.0 Å². The van der Waals surface area contributed by atoms with Gasteiger partial charge >= 0.3 is 0 Å². The number of nitrogens with zero attached hydrogens (tertiary/aromatic N) is 1. The van der Waals surface area contributed by atoms with Crippen molar-refractivity contribution < 1.29 is 8.42 Å². The average Bonchev–Trinajstić information content (AvgIpc) is 2.26. The minimum Gasteiger partial charge on any atom is -0.329 e. The first-order valence-corrected chi connectivity index (χ1v) is 5.78. The van der Waals surface area contributed by atoms with Gasteiger partial charge in [0.2, 0.25) is 10.0 Å². The molecule has 5 nitrogen and oxygen atoms in total. The van der Waals surface area contributed by atoms with Crippen LogP contribution in [0, 0.1) is 11.3 Å². The van der Waals surface area contributed by atoms with E-state index < -0.39 is 10.0 Å². The van der Waals surface area contributed by atoms with Crippen LogP contribution in [0.2, 0.25) is 0 Å². The molecule has 3 N–H and O–H groups in total. The summed E-state index contributed by atoms with van der Waals surface area (Å²) < 4.78 is 25.4. The Kier molecular flexibility index (Phi) is 3.80. The van der Waals surface area contributed by atoms with Crippen molar-refractivity contribution in [3.05, 3.63) is 29.8 Å². The lowest BCUT2D eigenvalue weighted by Gasteiger charge is -2.04. The van der Waals surface area contributed by atoms with Crippen LogP contribution >= 0.6 is 0 Å². The van der Waals surface area contributed by atoms with Gasteiger partial charge in [0.05, 0.1) is 16.5 Å². The Morgan fingerprint density at radius 2 is 1.93 bits per heavy atom. The van der Waals surface area contributed by atoms with E-state index in [1.54, 1.807) is 0 Å². The molecule has 0 spiro atoms. The third-order valence-electron chi connectivity index (χ3n) is 1.73. The van der Waals surface area contributed by atoms with Crippen molar-refractivity contribution in [2.24, 2.45) is 5.73 Å². The van der Waals surface area contributed by atoms with Crippen LogP contribution in [0.15, 0.2) is 29.2 Å². The predicted octanol–water partition coefficient (Wildman–Crippen LogP) is -0.205. The molecule has 0 atom stereocenters. The number of benzene rings is 1. The second-order valence-electron chi connectivity index (χ2n) is 2.82. The van der Waals surface area contributed by atoms with Gasteiger partial charge in [-0.15, -0.1) is 0 Å². The molecule has 0 unspecified atom stereocenters. The molecule has 1 aromatic carbocycles. The van der Waals surface area contributed by atoms with Crippen LogP contribution < -0.4 is 10.5 Å². The molecule has 0 aromatic heterocycles. The van der Waals surface area contributed by atoms with Crippen molar-refractivity contribution in [3.63, 3.8) is 0 Å². The minimum atomic E-state index is -3.49. The van der Waals surface area contributed by atoms with Gasteiger partial charge in [0.25, 0.3) is 0 Å². The van der Waals surface area contributed by atoms with Gasteiger partial charge in [-0.1, -0.05) is 0 Å². The number of nitrogens with one attached hydrogen (secondary N) is 1. The zero-order valence-electron chi connectivity index (χ0n) is 7.97. The van der Waals surface area contributed by atoms with Gasteiger partial charge in [-0.25, -0.2) is 13.1 Å². The molecule has 0 aliphatic carbocycles. The Hall–Kier alpha value is -1.42. The molecule has 0 amide bonds. The monoisotopic (exact) mass is 225 g/mol. The van der Waals surface area contributed by atoms with Crippen LogP contribution in [0.4, 0.5) is 0 Å². The van der Waals surface area contributed by atoms with Crippen LogP contribution in [0.3, 0.4) is 0 Å². The van der Waals surface area contributed by atoms with E-state index in [2.05, 4.69) is 4.72 Å². The quantitative estimate of drug-likeness (QED) is 0.741. The van der Waals surface area contributed by atoms with Gasteiger partial charge in [-0.3, -0.25) is 0 Å². The van der Waals surface area contributed by atoms with Crippen LogP contribution in [0.5, 0.6) is 0 Å². The molecule has 1 aromatic rings. The van der Waals surface area contributed by atoms with Crippen molar-refractivity contribution in [2.75, 3.05) is 13.1 Å². The second-order valence-corrected chi connectivity index (χ2v) is 4.59. The van der Waals surface area contributed by atoms with E-state index in [-0.39, 0.29) is 18.0 Å². The smallest absolute Gasteiger partial charge is 0.240 e. The topological polar surface area (TPSA) is 96.0 Å². The molecule has 0 fully saturated rings. The lowest BCUT2D eigenvalue weighted by Crippen LogP contribution is -2.29. The van der Waals surface area contributed by atoms with Crippen molar-refractivity contribution in [1.82, 2.24) is 4.72 Å². The molecule has 0 radical (unpaired) electrons. The Balaban J connectivity index is 2.92. The highest BCUT2D eigenvalue weighted by atomic mass is 32.2. The van der Waals surface area contributed by atoms with E-state index >= 15 is 0 Å². The first-order chi connectivity index (χ1) is 7.10. The first kappa shape index (κ1) is 11.7. The highest BCUT2D eigenvalue weighted by Crippen LogP contribution is 2.09. The zero-order valence-corrected chi connectivity index (χ0v) is 8.79. The summed E-state index contributed by atoms with van der Waals surface area (Å²) in [4.78, 5) is 0.134. The highest BCUT2D eigenvalue weighted by molar-refractivity contribution is 7.89. The molecule has 0 aliphatic heterocycles.